The van der Waals surface area contributed by atoms with E-state index >= 15 is 0 Å². The Morgan fingerprint density at radius 1 is 1.19 bits per heavy atom. The maximum absolute atomic E-state index is 13.1. The van der Waals surface area contributed by atoms with Crippen molar-refractivity contribution in [2.45, 2.75) is 43.8 Å². The molecule has 4 rings (SSSR count). The first kappa shape index (κ1) is 26.9. The molecule has 0 radical (unpaired) electrons. The van der Waals surface area contributed by atoms with Crippen molar-refractivity contribution in [2.75, 3.05) is 13.1 Å². The minimum absolute atomic E-state index is 0.102. The van der Waals surface area contributed by atoms with Crippen LogP contribution in [-0.4, -0.2) is 65.5 Å². The summed E-state index contributed by atoms with van der Waals surface area (Å²) in [5.74, 6) is -0.158. The Hall–Kier alpha value is -3.74. The number of nitrogens with zero attached hydrogens (tertiary/aromatic N) is 3. The Bertz CT molecular complexity index is 1350. The smallest absolute Gasteiger partial charge is 0.410 e. The molecule has 10 nitrogen and oxygen atoms in total. The number of halogens is 2. The number of rotatable bonds is 5. The van der Waals surface area contributed by atoms with E-state index in [9.17, 15) is 22.0 Å². The first-order valence-corrected chi connectivity index (χ1v) is 12.1. The van der Waals surface area contributed by atoms with Crippen LogP contribution in [0.5, 0.6) is 5.75 Å². The third kappa shape index (κ3) is 6.08. The van der Waals surface area contributed by atoms with E-state index in [1.165, 1.54) is 24.4 Å². The van der Waals surface area contributed by atoms with E-state index < -0.39 is 22.2 Å². The van der Waals surface area contributed by atoms with Crippen molar-refractivity contribution < 1.29 is 41.4 Å². The molecule has 2 aromatic carbocycles. The van der Waals surface area contributed by atoms with Gasteiger partial charge in [-0.15, -0.1) is 0 Å². The van der Waals surface area contributed by atoms with Gasteiger partial charge in [-0.05, 0) is 50.6 Å². The van der Waals surface area contributed by atoms with Crippen LogP contribution in [0.1, 0.15) is 32.3 Å². The number of fused-ring (bicyclic) bond motifs is 1. The lowest BCUT2D eigenvalue weighted by Crippen LogP contribution is -2.50. The monoisotopic (exact) mass is 525 g/mol. The van der Waals surface area contributed by atoms with E-state index in [0.717, 1.165) is 15.7 Å². The quantitative estimate of drug-likeness (QED) is 0.497. The van der Waals surface area contributed by atoms with Crippen molar-refractivity contribution in [3.8, 4) is 5.75 Å². The second kappa shape index (κ2) is 10.5. The lowest BCUT2D eigenvalue weighted by atomic mass is 9.91. The Kier molecular flexibility index (Phi) is 7.82. The van der Waals surface area contributed by atoms with Crippen LogP contribution in [0.4, 0.5) is 13.6 Å². The highest BCUT2D eigenvalue weighted by atomic mass is 32.2. The topological polar surface area (TPSA) is 128 Å². The van der Waals surface area contributed by atoms with Crippen LogP contribution in [-0.2, 0) is 19.6 Å². The van der Waals surface area contributed by atoms with Crippen molar-refractivity contribution in [3.05, 3.63) is 54.2 Å². The average Bonchev–Trinajstić information content (AvgIpc) is 3.16. The lowest BCUT2D eigenvalue weighted by molar-refractivity contribution is -0.122. The summed E-state index contributed by atoms with van der Waals surface area (Å²) in [7, 11) is -4.13. The highest BCUT2D eigenvalue weighted by Crippen LogP contribution is 2.31. The van der Waals surface area contributed by atoms with Gasteiger partial charge in [-0.25, -0.2) is 4.79 Å². The normalized spacial score (nSPS) is 14.1. The lowest BCUT2D eigenvalue weighted by Gasteiger charge is -2.40. The molecular formula is C23H25F2N3O7S. The molecule has 36 heavy (non-hydrogen) atoms. The second-order valence-electron chi connectivity index (χ2n) is 8.85. The second-order valence-corrected chi connectivity index (χ2v) is 10.6. The minimum atomic E-state index is -4.13. The Morgan fingerprint density at radius 2 is 1.86 bits per heavy atom. The molecule has 194 valence electrons. The molecule has 1 fully saturated rings. The number of carbonyl (C=O) groups is 2. The zero-order chi connectivity index (χ0) is 26.7. The van der Waals surface area contributed by atoms with Gasteiger partial charge in [0, 0.05) is 30.5 Å². The predicted octanol–water partition coefficient (Wildman–Crippen LogP) is 3.91. The van der Waals surface area contributed by atoms with Crippen molar-refractivity contribution in [3.63, 3.8) is 0 Å². The summed E-state index contributed by atoms with van der Waals surface area (Å²) in [5.41, 5.74) is 0.737. The molecule has 0 saturated carbocycles. The summed E-state index contributed by atoms with van der Waals surface area (Å²) in [4.78, 5) is 21.9. The van der Waals surface area contributed by atoms with Gasteiger partial charge in [0.1, 0.15) is 11.4 Å². The van der Waals surface area contributed by atoms with Gasteiger partial charge in [0.25, 0.3) is 16.5 Å². The van der Waals surface area contributed by atoms with Gasteiger partial charge in [-0.3, -0.25) is 4.79 Å². The predicted molar refractivity (Wildman–Crippen MR) is 125 cm³/mol. The molecule has 1 aliphatic rings. The van der Waals surface area contributed by atoms with E-state index in [4.69, 9.17) is 14.6 Å². The van der Waals surface area contributed by atoms with Gasteiger partial charge in [-0.2, -0.15) is 26.4 Å². The highest BCUT2D eigenvalue weighted by Gasteiger charge is 2.34. The fourth-order valence-corrected chi connectivity index (χ4v) is 4.86. The van der Waals surface area contributed by atoms with Crippen LogP contribution in [0, 0.1) is 0 Å². The molecule has 0 bridgehead atoms. The van der Waals surface area contributed by atoms with Gasteiger partial charge in [0.05, 0.1) is 16.6 Å². The fourth-order valence-electron chi connectivity index (χ4n) is 3.55. The minimum Gasteiger partial charge on any atom is -0.483 e. The maximum Gasteiger partial charge on any atom is 0.410 e. The SMILES string of the molecule is CC(C)(C)OC(=O)N1CC(c2ccc3c(cnn3S(=O)(=O)c3cccc(OC(F)F)c3)c2)C1.O=CO. The average molecular weight is 526 g/mol. The number of ether oxygens (including phenoxy) is 2. The first-order chi connectivity index (χ1) is 16.9. The van der Waals surface area contributed by atoms with Crippen molar-refractivity contribution in [1.82, 2.24) is 14.1 Å². The zero-order valence-corrected chi connectivity index (χ0v) is 20.5. The van der Waals surface area contributed by atoms with Crippen LogP contribution in [0.2, 0.25) is 0 Å². The highest BCUT2D eigenvalue weighted by molar-refractivity contribution is 7.90. The number of benzene rings is 2. The van der Waals surface area contributed by atoms with Crippen molar-refractivity contribution in [1.29, 1.82) is 0 Å². The molecule has 0 atom stereocenters. The summed E-state index contributed by atoms with van der Waals surface area (Å²) >= 11 is 0. The van der Waals surface area contributed by atoms with Crippen molar-refractivity contribution >= 4 is 33.5 Å². The number of hydrogen-bond donors (Lipinski definition) is 1. The molecule has 1 aliphatic heterocycles. The molecule has 0 unspecified atom stereocenters. The molecular weight excluding hydrogens is 500 g/mol. The third-order valence-electron chi connectivity index (χ3n) is 5.12. The van der Waals surface area contributed by atoms with Crippen LogP contribution in [0.15, 0.2) is 53.6 Å². The van der Waals surface area contributed by atoms with Crippen LogP contribution < -0.4 is 4.74 Å². The number of aromatic nitrogens is 2. The van der Waals surface area contributed by atoms with Gasteiger partial charge in [0.15, 0.2) is 0 Å². The fraction of sp³-hybridized carbons (Fsp3) is 0.348. The summed E-state index contributed by atoms with van der Waals surface area (Å²) in [6.07, 6.45) is 1.07. The van der Waals surface area contributed by atoms with Crippen LogP contribution >= 0.6 is 0 Å². The number of likely N-dealkylation sites (tertiary alicyclic amines) is 1. The molecule has 1 N–H and O–H groups in total. The van der Waals surface area contributed by atoms with Crippen molar-refractivity contribution in [2.24, 2.45) is 0 Å². The number of amides is 1. The van der Waals surface area contributed by atoms with E-state index in [1.807, 2.05) is 26.8 Å². The number of carbonyl (C=O) groups excluding carboxylic acids is 1. The molecule has 2 heterocycles. The Labute approximate surface area is 206 Å². The van der Waals surface area contributed by atoms with Gasteiger partial charge < -0.3 is 19.5 Å². The third-order valence-corrected chi connectivity index (χ3v) is 6.72. The zero-order valence-electron chi connectivity index (χ0n) is 19.7. The molecule has 0 spiro atoms. The summed E-state index contributed by atoms with van der Waals surface area (Å²) in [6.45, 7) is 3.12. The van der Waals surface area contributed by atoms with E-state index in [-0.39, 0.29) is 29.1 Å². The summed E-state index contributed by atoms with van der Waals surface area (Å²) < 4.78 is 61.6. The van der Waals surface area contributed by atoms with Crippen LogP contribution in [0.3, 0.4) is 0 Å². The molecule has 1 amide bonds. The molecule has 13 heteroatoms. The molecule has 1 aromatic heterocycles. The number of alkyl halides is 2. The van der Waals surface area contributed by atoms with E-state index in [0.29, 0.717) is 24.0 Å². The standard InChI is InChI=1S/C22H23F2N3O5S.CH2O2/c1-22(2,3)32-21(28)26-12-16(13-26)14-7-8-19-15(9-14)11-25-27(19)33(29,30)18-6-4-5-17(10-18)31-20(23)24;2-1-3/h4-11,16,20H,12-13H2,1-3H3;1H,(H,2,3). The first-order valence-electron chi connectivity index (χ1n) is 10.7. The van der Waals surface area contributed by atoms with Gasteiger partial charge in [-0.1, -0.05) is 12.1 Å². The summed E-state index contributed by atoms with van der Waals surface area (Å²) in [5, 5.41) is 11.5. The van der Waals surface area contributed by atoms with Crippen LogP contribution in [0.25, 0.3) is 10.9 Å². The van der Waals surface area contributed by atoms with E-state index in [2.05, 4.69) is 9.84 Å². The number of hydrogen-bond acceptors (Lipinski definition) is 7. The maximum atomic E-state index is 13.1. The molecule has 1 saturated heterocycles. The number of carboxylic acid groups (broad SMARTS) is 1. The van der Waals surface area contributed by atoms with E-state index in [1.54, 1.807) is 17.0 Å². The van der Waals surface area contributed by atoms with Gasteiger partial charge >= 0.3 is 12.7 Å². The largest absolute Gasteiger partial charge is 0.483 e. The Morgan fingerprint density at radius 3 is 2.47 bits per heavy atom. The molecule has 0 aliphatic carbocycles. The van der Waals surface area contributed by atoms with Gasteiger partial charge in [0.2, 0.25) is 0 Å². The Balaban J connectivity index is 0.00000115. The molecule has 3 aromatic rings. The summed E-state index contributed by atoms with van der Waals surface area (Å²) in [6, 6.07) is 10.2.